The zero-order valence-electron chi connectivity index (χ0n) is 16.1. The van der Waals surface area contributed by atoms with Crippen LogP contribution in [0, 0.1) is 11.7 Å². The number of aryl methyl sites for hydroxylation is 1. The topological polar surface area (TPSA) is 89.4 Å². The summed E-state index contributed by atoms with van der Waals surface area (Å²) in [6, 6.07) is 3.92. The minimum absolute atomic E-state index is 0.133. The van der Waals surface area contributed by atoms with E-state index in [4.69, 9.17) is 4.74 Å². The van der Waals surface area contributed by atoms with Gasteiger partial charge < -0.3 is 15.0 Å². The highest BCUT2D eigenvalue weighted by Crippen LogP contribution is 2.21. The zero-order chi connectivity index (χ0) is 20.2. The molecule has 1 fully saturated rings. The summed E-state index contributed by atoms with van der Waals surface area (Å²) < 4.78 is 21.1. The molecule has 2 aliphatic rings. The second-order valence-corrected chi connectivity index (χ2v) is 7.52. The van der Waals surface area contributed by atoms with Crippen molar-refractivity contribution in [2.24, 2.45) is 5.92 Å². The first kappa shape index (κ1) is 19.4. The fourth-order valence-corrected chi connectivity index (χ4v) is 3.75. The van der Waals surface area contributed by atoms with Crippen LogP contribution >= 0.6 is 0 Å². The van der Waals surface area contributed by atoms with Gasteiger partial charge in [-0.3, -0.25) is 9.59 Å². The number of carbonyl (C=O) groups excluding carboxylic acids is 2. The van der Waals surface area contributed by atoms with Crippen LogP contribution < -0.4 is 10.1 Å². The third kappa shape index (κ3) is 4.72. The SMILES string of the molecule is O=C1NCC2CCN(C2)C(=O)CCCc2cn(nn2)CCOc2ccc(F)cc21. The molecule has 1 aromatic heterocycles. The van der Waals surface area contributed by atoms with Crippen molar-refractivity contribution < 1.29 is 18.7 Å². The minimum atomic E-state index is -0.497. The third-order valence-corrected chi connectivity index (χ3v) is 5.36. The molecule has 4 bridgehead atoms. The molecule has 2 aromatic rings. The maximum Gasteiger partial charge on any atom is 0.255 e. The molecule has 1 unspecified atom stereocenters. The first-order valence-corrected chi connectivity index (χ1v) is 9.96. The fourth-order valence-electron chi connectivity index (χ4n) is 3.75. The van der Waals surface area contributed by atoms with Gasteiger partial charge in [-0.05, 0) is 43.4 Å². The third-order valence-electron chi connectivity index (χ3n) is 5.36. The normalized spacial score (nSPS) is 21.0. The summed E-state index contributed by atoms with van der Waals surface area (Å²) in [5.41, 5.74) is 0.997. The number of hydrogen-bond acceptors (Lipinski definition) is 5. The number of hydrogen-bond donors (Lipinski definition) is 1. The maximum absolute atomic E-state index is 13.7. The van der Waals surface area contributed by atoms with Crippen LogP contribution in [0.25, 0.3) is 0 Å². The number of fused-ring (bicyclic) bond motifs is 5. The van der Waals surface area contributed by atoms with Crippen molar-refractivity contribution in [3.05, 3.63) is 41.5 Å². The Balaban J connectivity index is 1.53. The first-order valence-electron chi connectivity index (χ1n) is 9.96. The van der Waals surface area contributed by atoms with Crippen LogP contribution in [0.5, 0.6) is 5.75 Å². The monoisotopic (exact) mass is 401 g/mol. The van der Waals surface area contributed by atoms with E-state index in [1.807, 2.05) is 11.1 Å². The van der Waals surface area contributed by atoms with Crippen molar-refractivity contribution in [1.29, 1.82) is 0 Å². The van der Waals surface area contributed by atoms with Crippen LogP contribution in [0.2, 0.25) is 0 Å². The molecule has 2 aliphatic heterocycles. The predicted octanol–water partition coefficient (Wildman–Crippen LogP) is 1.41. The molecule has 0 aliphatic carbocycles. The van der Waals surface area contributed by atoms with E-state index in [1.54, 1.807) is 4.68 Å². The van der Waals surface area contributed by atoms with Crippen LogP contribution in [0.3, 0.4) is 0 Å². The van der Waals surface area contributed by atoms with Crippen LogP contribution in [0.1, 0.15) is 35.3 Å². The average molecular weight is 401 g/mol. The Labute approximate surface area is 168 Å². The first-order chi connectivity index (χ1) is 14.1. The van der Waals surface area contributed by atoms with E-state index in [0.29, 0.717) is 44.8 Å². The van der Waals surface area contributed by atoms with Gasteiger partial charge in [0.15, 0.2) is 0 Å². The number of carbonyl (C=O) groups is 2. The summed E-state index contributed by atoms with van der Waals surface area (Å²) in [7, 11) is 0. The molecule has 4 rings (SSSR count). The lowest BCUT2D eigenvalue weighted by Crippen LogP contribution is -2.33. The lowest BCUT2D eigenvalue weighted by atomic mass is 10.1. The lowest BCUT2D eigenvalue weighted by molar-refractivity contribution is -0.130. The van der Waals surface area contributed by atoms with E-state index in [2.05, 4.69) is 15.6 Å². The highest BCUT2D eigenvalue weighted by molar-refractivity contribution is 5.96. The van der Waals surface area contributed by atoms with Crippen LogP contribution in [-0.2, 0) is 17.8 Å². The van der Waals surface area contributed by atoms with Crippen LogP contribution in [-0.4, -0.2) is 57.9 Å². The van der Waals surface area contributed by atoms with Crippen molar-refractivity contribution in [3.63, 3.8) is 0 Å². The maximum atomic E-state index is 13.7. The quantitative estimate of drug-likeness (QED) is 0.721. The Morgan fingerprint density at radius 2 is 2.10 bits per heavy atom. The number of aromatic nitrogens is 3. The summed E-state index contributed by atoms with van der Waals surface area (Å²) in [5, 5.41) is 11.1. The standard InChI is InChI=1S/C20H24FN5O3/c21-15-4-5-18-17(10-15)20(28)22-11-14-6-7-25(12-14)19(27)3-1-2-16-13-26(24-23-16)8-9-29-18/h4-5,10,13-14H,1-3,6-9,11-12H2,(H,22,28). The van der Waals surface area contributed by atoms with Gasteiger partial charge in [0.2, 0.25) is 5.91 Å². The average Bonchev–Trinajstić information content (AvgIpc) is 3.36. The highest BCUT2D eigenvalue weighted by atomic mass is 19.1. The van der Waals surface area contributed by atoms with Crippen LogP contribution in [0.4, 0.5) is 4.39 Å². The van der Waals surface area contributed by atoms with E-state index in [0.717, 1.165) is 18.5 Å². The Kier molecular flexibility index (Phi) is 5.73. The van der Waals surface area contributed by atoms with Gasteiger partial charge in [-0.1, -0.05) is 5.21 Å². The molecular weight excluding hydrogens is 377 g/mol. The molecule has 0 saturated carbocycles. The number of ether oxygens (including phenoxy) is 1. The molecule has 1 aromatic carbocycles. The second kappa shape index (κ2) is 8.59. The van der Waals surface area contributed by atoms with Crippen LogP contribution in [0.15, 0.2) is 24.4 Å². The summed E-state index contributed by atoms with van der Waals surface area (Å²) in [4.78, 5) is 26.9. The molecule has 0 spiro atoms. The number of rotatable bonds is 0. The smallest absolute Gasteiger partial charge is 0.255 e. The summed E-state index contributed by atoms with van der Waals surface area (Å²) in [6.07, 6.45) is 4.57. The lowest BCUT2D eigenvalue weighted by Gasteiger charge is -2.17. The zero-order valence-corrected chi connectivity index (χ0v) is 16.1. The Bertz CT molecular complexity index is 900. The number of benzene rings is 1. The van der Waals surface area contributed by atoms with Crippen molar-refractivity contribution in [3.8, 4) is 5.75 Å². The second-order valence-electron chi connectivity index (χ2n) is 7.52. The molecule has 9 heteroatoms. The minimum Gasteiger partial charge on any atom is -0.491 e. The molecule has 1 saturated heterocycles. The van der Waals surface area contributed by atoms with E-state index < -0.39 is 5.82 Å². The molecule has 1 atom stereocenters. The van der Waals surface area contributed by atoms with E-state index in [-0.39, 0.29) is 29.9 Å². The van der Waals surface area contributed by atoms with Gasteiger partial charge >= 0.3 is 0 Å². The van der Waals surface area contributed by atoms with Crippen molar-refractivity contribution in [2.45, 2.75) is 32.2 Å². The number of nitrogens with zero attached hydrogens (tertiary/aromatic N) is 4. The van der Waals surface area contributed by atoms with E-state index in [9.17, 15) is 14.0 Å². The Morgan fingerprint density at radius 3 is 3.00 bits per heavy atom. The number of amides is 2. The van der Waals surface area contributed by atoms with Crippen molar-refractivity contribution >= 4 is 11.8 Å². The van der Waals surface area contributed by atoms with Crippen molar-refractivity contribution in [1.82, 2.24) is 25.2 Å². The molecular formula is C20H24FN5O3. The van der Waals surface area contributed by atoms with Crippen molar-refractivity contribution in [2.75, 3.05) is 26.2 Å². The fraction of sp³-hybridized carbons (Fsp3) is 0.500. The Hall–Kier alpha value is -2.97. The van der Waals surface area contributed by atoms with E-state index in [1.165, 1.54) is 18.2 Å². The summed E-state index contributed by atoms with van der Waals surface area (Å²) in [6.45, 7) is 2.48. The molecule has 154 valence electrons. The number of nitrogens with one attached hydrogen (secondary N) is 1. The molecule has 3 heterocycles. The van der Waals surface area contributed by atoms with E-state index >= 15 is 0 Å². The molecule has 29 heavy (non-hydrogen) atoms. The molecule has 0 radical (unpaired) electrons. The summed E-state index contributed by atoms with van der Waals surface area (Å²) in [5.74, 6) is -0.224. The highest BCUT2D eigenvalue weighted by Gasteiger charge is 2.26. The van der Waals surface area contributed by atoms with Gasteiger partial charge in [0.05, 0.1) is 17.8 Å². The van der Waals surface area contributed by atoms with Gasteiger partial charge in [-0.25, -0.2) is 9.07 Å². The molecule has 2 amide bonds. The summed E-state index contributed by atoms with van der Waals surface area (Å²) >= 11 is 0. The Morgan fingerprint density at radius 1 is 1.21 bits per heavy atom. The molecule has 8 nitrogen and oxygen atoms in total. The largest absolute Gasteiger partial charge is 0.491 e. The van der Waals surface area contributed by atoms with Gasteiger partial charge in [-0.2, -0.15) is 0 Å². The van der Waals surface area contributed by atoms with Gasteiger partial charge in [-0.15, -0.1) is 5.10 Å². The van der Waals surface area contributed by atoms with Gasteiger partial charge in [0.25, 0.3) is 5.91 Å². The number of halogens is 1. The predicted molar refractivity (Wildman–Crippen MR) is 102 cm³/mol. The molecule has 1 N–H and O–H groups in total. The van der Waals surface area contributed by atoms with Gasteiger partial charge in [0, 0.05) is 32.3 Å². The van der Waals surface area contributed by atoms with Gasteiger partial charge in [0.1, 0.15) is 18.2 Å².